The van der Waals surface area contributed by atoms with E-state index in [4.69, 9.17) is 27.9 Å². The van der Waals surface area contributed by atoms with E-state index < -0.39 is 26.7 Å². The van der Waals surface area contributed by atoms with Crippen LogP contribution in [0.2, 0.25) is 10.0 Å². The van der Waals surface area contributed by atoms with Crippen LogP contribution in [0.4, 0.5) is 17.1 Å². The minimum Gasteiger partial charge on any atom is -0.870 e. The van der Waals surface area contributed by atoms with E-state index in [0.717, 1.165) is 0 Å². The van der Waals surface area contributed by atoms with Crippen molar-refractivity contribution in [2.75, 3.05) is 11.9 Å². The third-order valence-corrected chi connectivity index (χ3v) is 7.17. The predicted octanol–water partition coefficient (Wildman–Crippen LogP) is 3.85. The predicted molar refractivity (Wildman–Crippen MR) is 144 cm³/mol. The molecule has 4 aromatic carbocycles. The molecule has 2 N–H and O–H groups in total. The van der Waals surface area contributed by atoms with E-state index >= 15 is 0 Å². The first kappa shape index (κ1) is 30.8. The first-order valence-electron chi connectivity index (χ1n) is 11.2. The number of hydrogen-bond acceptors (Lipinski definition) is 7. The van der Waals surface area contributed by atoms with E-state index in [-0.39, 0.29) is 67.8 Å². The third-order valence-electron chi connectivity index (χ3n) is 5.52. The number of fused-ring (bicyclic) bond motifs is 1. The third kappa shape index (κ3) is 6.55. The molecule has 4 rings (SSSR count). The molecule has 0 bridgehead atoms. The topological polar surface area (TPSA) is 140 Å². The summed E-state index contributed by atoms with van der Waals surface area (Å²) in [5.41, 5.74) is -0.455. The normalized spacial score (nSPS) is 11.4. The summed E-state index contributed by atoms with van der Waals surface area (Å²) < 4.78 is 39.2. The van der Waals surface area contributed by atoms with Crippen LogP contribution in [0.3, 0.4) is 0 Å². The molecular formula is C26H20Cl2N3NaO6S. The van der Waals surface area contributed by atoms with Crippen LogP contribution < -0.4 is 44.7 Å². The zero-order valence-electron chi connectivity index (χ0n) is 21.0. The molecule has 0 saturated carbocycles. The van der Waals surface area contributed by atoms with Crippen LogP contribution in [-0.4, -0.2) is 25.5 Å². The minimum absolute atomic E-state index is 0. The first-order valence-corrected chi connectivity index (χ1v) is 13.4. The van der Waals surface area contributed by atoms with Crippen LogP contribution in [0.1, 0.15) is 22.8 Å². The molecular weight excluding hydrogens is 576 g/mol. The van der Waals surface area contributed by atoms with Gasteiger partial charge in [-0.1, -0.05) is 65.3 Å². The number of ether oxygens (including phenoxy) is 1. The van der Waals surface area contributed by atoms with Crippen LogP contribution in [0.25, 0.3) is 10.8 Å². The Hall–Kier alpha value is -2.70. The molecule has 13 heteroatoms. The largest absolute Gasteiger partial charge is 1.00 e. The molecule has 4 aromatic rings. The van der Waals surface area contributed by atoms with Gasteiger partial charge in [-0.2, -0.15) is 13.5 Å². The number of nitrogens with zero attached hydrogens (tertiary/aromatic N) is 2. The van der Waals surface area contributed by atoms with E-state index in [1.807, 2.05) is 0 Å². The van der Waals surface area contributed by atoms with E-state index in [9.17, 15) is 22.9 Å². The van der Waals surface area contributed by atoms with Crippen LogP contribution in [0, 0.1) is 6.92 Å². The smallest absolute Gasteiger partial charge is 0.870 e. The molecule has 0 saturated heterocycles. The zero-order chi connectivity index (χ0) is 27.6. The number of carbonyl (C=O) groups is 1. The standard InChI is InChI=1S/C26H21Cl2N3O6S.Na/c1-3-37-20-10-6-9-18(27)22(20)29-26(33)17-13-15-7-4-5-8-16(15)21(24(17)32)30-31-23-19(28)12-11-14(2)25(23)38(34,35)36;/h4-13,32H,3H2,1-2H3,(H,29,33)(H,34,35,36);/q;+1/p-1. The summed E-state index contributed by atoms with van der Waals surface area (Å²) in [5.74, 6) is -1.21. The van der Waals surface area contributed by atoms with Gasteiger partial charge in [-0.05, 0) is 49.1 Å². The fraction of sp³-hybridized carbons (Fsp3) is 0.115. The van der Waals surface area contributed by atoms with Gasteiger partial charge in [0.2, 0.25) is 0 Å². The molecule has 0 aliphatic heterocycles. The van der Waals surface area contributed by atoms with Gasteiger partial charge in [-0.15, -0.1) is 5.11 Å². The summed E-state index contributed by atoms with van der Waals surface area (Å²) in [6, 6.07) is 15.7. The van der Waals surface area contributed by atoms with Gasteiger partial charge in [0.15, 0.2) is 0 Å². The van der Waals surface area contributed by atoms with Gasteiger partial charge in [0.05, 0.1) is 22.3 Å². The molecule has 0 heterocycles. The number of rotatable bonds is 7. The van der Waals surface area contributed by atoms with Crippen molar-refractivity contribution in [3.05, 3.63) is 81.8 Å². The van der Waals surface area contributed by atoms with Gasteiger partial charge < -0.3 is 15.2 Å². The number of hydrogen-bond donors (Lipinski definition) is 2. The van der Waals surface area contributed by atoms with Gasteiger partial charge in [0.1, 0.15) is 22.0 Å². The van der Waals surface area contributed by atoms with Crippen LogP contribution in [-0.2, 0) is 10.1 Å². The van der Waals surface area contributed by atoms with E-state index in [0.29, 0.717) is 23.1 Å². The Morgan fingerprint density at radius 1 is 1.03 bits per heavy atom. The number of nitrogens with one attached hydrogen (secondary N) is 1. The Morgan fingerprint density at radius 3 is 2.41 bits per heavy atom. The fourth-order valence-corrected chi connectivity index (χ4v) is 5.16. The molecule has 0 radical (unpaired) electrons. The average molecular weight is 596 g/mol. The Morgan fingerprint density at radius 2 is 1.72 bits per heavy atom. The molecule has 9 nitrogen and oxygen atoms in total. The van der Waals surface area contributed by atoms with Crippen molar-refractivity contribution in [2.24, 2.45) is 10.2 Å². The molecule has 1 amide bonds. The number of anilines is 1. The van der Waals surface area contributed by atoms with Gasteiger partial charge >= 0.3 is 29.6 Å². The van der Waals surface area contributed by atoms with Crippen molar-refractivity contribution < 1.29 is 57.2 Å². The molecule has 196 valence electrons. The monoisotopic (exact) mass is 595 g/mol. The van der Waals surface area contributed by atoms with Gasteiger partial charge in [-0.3, -0.25) is 9.35 Å². The van der Waals surface area contributed by atoms with Crippen molar-refractivity contribution in [3.63, 3.8) is 0 Å². The van der Waals surface area contributed by atoms with E-state index in [1.165, 1.54) is 25.1 Å². The molecule has 39 heavy (non-hydrogen) atoms. The first-order chi connectivity index (χ1) is 18.0. The van der Waals surface area contributed by atoms with Gasteiger partial charge in [-0.25, -0.2) is 0 Å². The number of para-hydroxylation sites is 1. The quantitative estimate of drug-likeness (QED) is 0.189. The van der Waals surface area contributed by atoms with E-state index in [1.54, 1.807) is 49.4 Å². The van der Waals surface area contributed by atoms with Gasteiger partial charge in [0, 0.05) is 10.9 Å². The van der Waals surface area contributed by atoms with Crippen molar-refractivity contribution in [1.29, 1.82) is 0 Å². The molecule has 0 aliphatic carbocycles. The number of halogens is 2. The number of aryl methyl sites for hydroxylation is 1. The van der Waals surface area contributed by atoms with Crippen molar-refractivity contribution in [2.45, 2.75) is 18.7 Å². The SMILES string of the molecule is CCOc1cccc(Cl)c1NC(=O)c1cc2ccccc2c(N=Nc2c(Cl)ccc(C)c2S(=O)(=O)O)c1[O-].[Na+]. The average Bonchev–Trinajstić information content (AvgIpc) is 2.86. The summed E-state index contributed by atoms with van der Waals surface area (Å²) in [4.78, 5) is 12.7. The molecule has 0 spiro atoms. The zero-order valence-corrected chi connectivity index (χ0v) is 25.4. The minimum atomic E-state index is -4.72. The maximum Gasteiger partial charge on any atom is 1.00 e. The van der Waals surface area contributed by atoms with Crippen molar-refractivity contribution in [1.82, 2.24) is 0 Å². The number of carbonyl (C=O) groups excluding carboxylic acids is 1. The Balaban J connectivity index is 0.00000420. The van der Waals surface area contributed by atoms with Gasteiger partial charge in [0.25, 0.3) is 16.0 Å². The van der Waals surface area contributed by atoms with Crippen molar-refractivity contribution in [3.8, 4) is 11.5 Å². The summed E-state index contributed by atoms with van der Waals surface area (Å²) in [6.07, 6.45) is 0. The Kier molecular flexibility index (Phi) is 10.0. The molecule has 0 fully saturated rings. The second kappa shape index (κ2) is 12.6. The summed E-state index contributed by atoms with van der Waals surface area (Å²) in [7, 11) is -4.72. The van der Waals surface area contributed by atoms with Crippen LogP contribution in [0.5, 0.6) is 11.5 Å². The maximum atomic E-state index is 13.5. The summed E-state index contributed by atoms with van der Waals surface area (Å²) >= 11 is 12.4. The van der Waals surface area contributed by atoms with E-state index in [2.05, 4.69) is 15.5 Å². The second-order valence-corrected chi connectivity index (χ2v) is 10.2. The molecule has 0 aromatic heterocycles. The number of azo groups is 1. The molecule has 0 unspecified atom stereocenters. The van der Waals surface area contributed by atoms with Crippen LogP contribution in [0.15, 0.2) is 75.8 Å². The van der Waals surface area contributed by atoms with Crippen LogP contribution >= 0.6 is 23.2 Å². The summed E-state index contributed by atoms with van der Waals surface area (Å²) in [6.45, 7) is 3.55. The summed E-state index contributed by atoms with van der Waals surface area (Å²) in [5, 5.41) is 25.0. The second-order valence-electron chi connectivity index (χ2n) is 8.04. The Labute approximate surface area is 256 Å². The maximum absolute atomic E-state index is 13.5. The number of amides is 1. The Bertz CT molecular complexity index is 1710. The molecule has 0 aliphatic rings. The number of benzene rings is 4. The van der Waals surface area contributed by atoms with Crippen molar-refractivity contribution >= 4 is 67.1 Å². The molecule has 0 atom stereocenters. The fourth-order valence-electron chi connectivity index (χ4n) is 3.83.